The summed E-state index contributed by atoms with van der Waals surface area (Å²) in [4.78, 5) is 11.6. The van der Waals surface area contributed by atoms with Crippen molar-refractivity contribution >= 4 is 27.3 Å². The lowest BCUT2D eigenvalue weighted by molar-refractivity contribution is -0.274. The Bertz CT molecular complexity index is 1110. The van der Waals surface area contributed by atoms with E-state index in [1.807, 2.05) is 0 Å². The predicted molar refractivity (Wildman–Crippen MR) is 97.0 cm³/mol. The molecule has 29 heavy (non-hydrogen) atoms. The highest BCUT2D eigenvalue weighted by Gasteiger charge is 2.31. The molecule has 152 valence electrons. The second-order valence-corrected chi connectivity index (χ2v) is 7.32. The number of ether oxygens (including phenoxy) is 1. The van der Waals surface area contributed by atoms with Crippen molar-refractivity contribution in [2.24, 2.45) is 0 Å². The van der Waals surface area contributed by atoms with Crippen LogP contribution in [-0.4, -0.2) is 20.7 Å². The zero-order valence-corrected chi connectivity index (χ0v) is 15.3. The van der Waals surface area contributed by atoms with E-state index >= 15 is 0 Å². The third-order valence-electron chi connectivity index (χ3n) is 3.47. The highest BCUT2D eigenvalue weighted by atomic mass is 32.2. The fraction of sp³-hybridized carbons (Fsp3) is 0.0556. The van der Waals surface area contributed by atoms with Crippen molar-refractivity contribution in [3.8, 4) is 5.75 Å². The van der Waals surface area contributed by atoms with Gasteiger partial charge in [0.15, 0.2) is 5.76 Å². The number of alkyl halides is 3. The van der Waals surface area contributed by atoms with Crippen molar-refractivity contribution < 1.29 is 35.5 Å². The van der Waals surface area contributed by atoms with Gasteiger partial charge in [-0.1, -0.05) is 12.1 Å². The maximum atomic E-state index is 12.5. The Kier molecular flexibility index (Phi) is 5.50. The minimum atomic E-state index is -4.95. The van der Waals surface area contributed by atoms with Gasteiger partial charge in [0, 0.05) is 11.8 Å². The molecule has 0 aliphatic heterocycles. The van der Waals surface area contributed by atoms with Crippen molar-refractivity contribution in [2.75, 3.05) is 10.0 Å². The lowest BCUT2D eigenvalue weighted by Crippen LogP contribution is -2.18. The van der Waals surface area contributed by atoms with Crippen LogP contribution in [0.15, 0.2) is 76.2 Å². The van der Waals surface area contributed by atoms with Gasteiger partial charge >= 0.3 is 6.36 Å². The van der Waals surface area contributed by atoms with Crippen LogP contribution in [0.3, 0.4) is 0 Å². The number of hydrogen-bond acceptors (Lipinski definition) is 5. The number of furan rings is 1. The molecule has 2 N–H and O–H groups in total. The van der Waals surface area contributed by atoms with Gasteiger partial charge in [-0.05, 0) is 42.5 Å². The van der Waals surface area contributed by atoms with E-state index < -0.39 is 32.9 Å². The second-order valence-electron chi connectivity index (χ2n) is 5.64. The van der Waals surface area contributed by atoms with E-state index in [2.05, 4.69) is 14.8 Å². The van der Waals surface area contributed by atoms with E-state index in [9.17, 15) is 26.4 Å². The summed E-state index contributed by atoms with van der Waals surface area (Å²) in [5.74, 6) is -1.13. The Hall–Kier alpha value is -3.47. The number of carbonyl (C=O) groups excluding carboxylic acids is 1. The molecule has 0 aliphatic rings. The number of benzene rings is 2. The fourth-order valence-electron chi connectivity index (χ4n) is 2.31. The topological polar surface area (TPSA) is 97.6 Å². The molecule has 1 aromatic heterocycles. The first-order valence-corrected chi connectivity index (χ1v) is 9.44. The fourth-order valence-corrected chi connectivity index (χ4v) is 3.40. The summed E-state index contributed by atoms with van der Waals surface area (Å²) < 4.78 is 72.9. The number of amides is 1. The summed E-state index contributed by atoms with van der Waals surface area (Å²) in [5, 5.41) is 2.53. The van der Waals surface area contributed by atoms with Crippen LogP contribution in [0.2, 0.25) is 0 Å². The summed E-state index contributed by atoms with van der Waals surface area (Å²) in [5.41, 5.74) is 0.366. The van der Waals surface area contributed by atoms with E-state index in [1.54, 1.807) is 0 Å². The van der Waals surface area contributed by atoms with Gasteiger partial charge in [-0.3, -0.25) is 9.52 Å². The van der Waals surface area contributed by atoms with Crippen LogP contribution in [0.5, 0.6) is 5.75 Å². The Labute approximate surface area is 163 Å². The largest absolute Gasteiger partial charge is 0.573 e. The van der Waals surface area contributed by atoms with Gasteiger partial charge in [0.1, 0.15) is 5.75 Å². The number of halogens is 3. The van der Waals surface area contributed by atoms with Crippen molar-refractivity contribution in [3.05, 3.63) is 72.7 Å². The first kappa shape index (κ1) is 20.3. The smallest absolute Gasteiger partial charge is 0.459 e. The molecule has 7 nitrogen and oxygen atoms in total. The Morgan fingerprint density at radius 1 is 0.966 bits per heavy atom. The molecule has 0 aliphatic carbocycles. The lowest BCUT2D eigenvalue weighted by Gasteiger charge is -2.12. The molecule has 11 heteroatoms. The van der Waals surface area contributed by atoms with E-state index in [4.69, 9.17) is 4.42 Å². The Morgan fingerprint density at radius 2 is 1.69 bits per heavy atom. The first-order valence-electron chi connectivity index (χ1n) is 7.96. The van der Waals surface area contributed by atoms with Gasteiger partial charge in [-0.25, -0.2) is 8.42 Å². The molecule has 3 aromatic rings. The molecule has 0 unspecified atom stereocenters. The SMILES string of the molecule is O=C(Nc1cccc(NS(=O)(=O)c2cccc(OC(F)(F)F)c2)c1)c1ccco1. The maximum Gasteiger partial charge on any atom is 0.573 e. The standard InChI is InChI=1S/C18H13F3N2O5S/c19-18(20,21)28-14-6-2-7-15(11-14)29(25,26)23-13-5-1-4-12(10-13)22-17(24)16-8-3-9-27-16/h1-11,23H,(H,22,24). The molecule has 2 aromatic carbocycles. The highest BCUT2D eigenvalue weighted by Crippen LogP contribution is 2.26. The average molecular weight is 426 g/mol. The quantitative estimate of drug-likeness (QED) is 0.615. The van der Waals surface area contributed by atoms with Crippen LogP contribution in [-0.2, 0) is 10.0 Å². The minimum Gasteiger partial charge on any atom is -0.459 e. The monoisotopic (exact) mass is 426 g/mol. The van der Waals surface area contributed by atoms with Crippen molar-refractivity contribution in [2.45, 2.75) is 11.3 Å². The number of anilines is 2. The van der Waals surface area contributed by atoms with E-state index in [1.165, 1.54) is 42.7 Å². The van der Waals surface area contributed by atoms with Gasteiger partial charge < -0.3 is 14.5 Å². The van der Waals surface area contributed by atoms with Crippen molar-refractivity contribution in [1.82, 2.24) is 0 Å². The molecule has 0 radical (unpaired) electrons. The molecule has 0 saturated heterocycles. The molecule has 0 bridgehead atoms. The van der Waals surface area contributed by atoms with Crippen LogP contribution < -0.4 is 14.8 Å². The Balaban J connectivity index is 1.77. The highest BCUT2D eigenvalue weighted by molar-refractivity contribution is 7.92. The summed E-state index contributed by atoms with van der Waals surface area (Å²) >= 11 is 0. The van der Waals surface area contributed by atoms with E-state index in [-0.39, 0.29) is 17.1 Å². The third kappa shape index (κ3) is 5.51. The number of nitrogens with one attached hydrogen (secondary N) is 2. The van der Waals surface area contributed by atoms with Crippen LogP contribution in [0.4, 0.5) is 24.5 Å². The summed E-state index contributed by atoms with van der Waals surface area (Å²) in [6, 6.07) is 12.7. The zero-order chi connectivity index (χ0) is 21.1. The molecule has 0 atom stereocenters. The van der Waals surface area contributed by atoms with Gasteiger partial charge in [0.25, 0.3) is 15.9 Å². The molecule has 0 spiro atoms. The van der Waals surface area contributed by atoms with Crippen LogP contribution in [0.25, 0.3) is 0 Å². The number of hydrogen-bond donors (Lipinski definition) is 2. The van der Waals surface area contributed by atoms with Crippen LogP contribution in [0, 0.1) is 0 Å². The van der Waals surface area contributed by atoms with Gasteiger partial charge in [-0.2, -0.15) is 0 Å². The molecule has 0 fully saturated rings. The molecular formula is C18H13F3N2O5S. The molecular weight excluding hydrogens is 413 g/mol. The summed E-state index contributed by atoms with van der Waals surface area (Å²) in [7, 11) is -4.21. The number of carbonyl (C=O) groups is 1. The summed E-state index contributed by atoms with van der Waals surface area (Å²) in [6.45, 7) is 0. The van der Waals surface area contributed by atoms with Crippen LogP contribution in [0.1, 0.15) is 10.6 Å². The van der Waals surface area contributed by atoms with Gasteiger partial charge in [0.05, 0.1) is 16.8 Å². The third-order valence-corrected chi connectivity index (χ3v) is 4.85. The number of sulfonamides is 1. The predicted octanol–water partition coefficient (Wildman–Crippen LogP) is 4.23. The van der Waals surface area contributed by atoms with E-state index in [0.29, 0.717) is 0 Å². The van der Waals surface area contributed by atoms with Crippen molar-refractivity contribution in [3.63, 3.8) is 0 Å². The molecule has 0 saturated carbocycles. The molecule has 1 heterocycles. The molecule has 1 amide bonds. The van der Waals surface area contributed by atoms with Gasteiger partial charge in [0.2, 0.25) is 0 Å². The average Bonchev–Trinajstić information content (AvgIpc) is 3.15. The zero-order valence-electron chi connectivity index (χ0n) is 14.4. The van der Waals surface area contributed by atoms with Crippen molar-refractivity contribution in [1.29, 1.82) is 0 Å². The summed E-state index contributed by atoms with van der Waals surface area (Å²) in [6.07, 6.45) is -3.62. The second kappa shape index (κ2) is 7.87. The number of rotatable bonds is 6. The van der Waals surface area contributed by atoms with Crippen LogP contribution >= 0.6 is 0 Å². The first-order chi connectivity index (χ1) is 13.6. The lowest BCUT2D eigenvalue weighted by atomic mass is 10.3. The maximum absolute atomic E-state index is 12.5. The molecule has 3 rings (SSSR count). The normalized spacial score (nSPS) is 11.7. The van der Waals surface area contributed by atoms with E-state index in [0.717, 1.165) is 24.3 Å². The van der Waals surface area contributed by atoms with Gasteiger partial charge in [-0.15, -0.1) is 13.2 Å². The Morgan fingerprint density at radius 3 is 2.38 bits per heavy atom. The minimum absolute atomic E-state index is 0.0671.